The van der Waals surface area contributed by atoms with Gasteiger partial charge in [-0.15, -0.1) is 0 Å². The normalized spacial score (nSPS) is 43.2. The van der Waals surface area contributed by atoms with Crippen molar-refractivity contribution in [3.8, 4) is 0 Å². The summed E-state index contributed by atoms with van der Waals surface area (Å²) in [5, 5.41) is 20.2. The third kappa shape index (κ3) is 2.90. The lowest BCUT2D eigenvalue weighted by molar-refractivity contribution is -0.142. The molecule has 0 aromatic heterocycles. The highest BCUT2D eigenvalue weighted by molar-refractivity contribution is 5.75. The summed E-state index contributed by atoms with van der Waals surface area (Å²) in [5.41, 5.74) is 1.54. The average Bonchev–Trinajstić information content (AvgIpc) is 2.62. The molecule has 5 atom stereocenters. The Labute approximate surface area is 113 Å². The lowest BCUT2D eigenvalue weighted by atomic mass is 9.82. The molecule has 2 N–H and O–H groups in total. The van der Waals surface area contributed by atoms with Gasteiger partial charge in [0.25, 0.3) is 0 Å². The summed E-state index contributed by atoms with van der Waals surface area (Å²) in [5.74, 6) is -0.516. The second-order valence-corrected chi connectivity index (χ2v) is 5.73. The first kappa shape index (κ1) is 14.3. The first-order valence-corrected chi connectivity index (χ1v) is 6.82. The third-order valence-electron chi connectivity index (χ3n) is 4.35. The second kappa shape index (κ2) is 5.47. The minimum Gasteiger partial charge on any atom is -0.458 e. The summed E-state index contributed by atoms with van der Waals surface area (Å²) in [6, 6.07) is 0. The van der Waals surface area contributed by atoms with Gasteiger partial charge in [-0.05, 0) is 43.4 Å². The fourth-order valence-corrected chi connectivity index (χ4v) is 2.80. The SMILES string of the molecule is C=C1CC[C@H](O)/C(C)=C/[C@@H]2OC(=O)[C@@H](C)[C@@H]2C[C@@H]1O. The number of hydrogen-bond acceptors (Lipinski definition) is 4. The van der Waals surface area contributed by atoms with Gasteiger partial charge in [0.15, 0.2) is 0 Å². The van der Waals surface area contributed by atoms with E-state index in [1.807, 2.05) is 19.9 Å². The number of carbonyl (C=O) groups is 1. The lowest BCUT2D eigenvalue weighted by Crippen LogP contribution is -2.27. The minimum absolute atomic E-state index is 0.0560. The van der Waals surface area contributed by atoms with Crippen LogP contribution in [0.3, 0.4) is 0 Å². The number of hydrogen-bond donors (Lipinski definition) is 2. The Kier molecular flexibility index (Phi) is 4.11. The van der Waals surface area contributed by atoms with E-state index in [0.717, 1.165) is 11.1 Å². The number of carbonyl (C=O) groups excluding carboxylic acids is 1. The minimum atomic E-state index is -0.636. The van der Waals surface area contributed by atoms with Gasteiger partial charge in [-0.1, -0.05) is 13.5 Å². The Hall–Kier alpha value is -1.13. The molecule has 0 radical (unpaired) electrons. The third-order valence-corrected chi connectivity index (χ3v) is 4.35. The smallest absolute Gasteiger partial charge is 0.309 e. The predicted molar refractivity (Wildman–Crippen MR) is 71.3 cm³/mol. The van der Waals surface area contributed by atoms with Crippen LogP contribution >= 0.6 is 0 Å². The Morgan fingerprint density at radius 1 is 1.37 bits per heavy atom. The molecule has 0 aromatic rings. The summed E-state index contributed by atoms with van der Waals surface area (Å²) in [4.78, 5) is 11.7. The van der Waals surface area contributed by atoms with Crippen molar-refractivity contribution in [3.05, 3.63) is 23.8 Å². The van der Waals surface area contributed by atoms with E-state index in [-0.39, 0.29) is 23.9 Å². The fraction of sp³-hybridized carbons (Fsp3) is 0.667. The molecule has 1 saturated heterocycles. The van der Waals surface area contributed by atoms with Gasteiger partial charge < -0.3 is 14.9 Å². The molecule has 19 heavy (non-hydrogen) atoms. The molecule has 1 heterocycles. The Morgan fingerprint density at radius 2 is 2.05 bits per heavy atom. The van der Waals surface area contributed by atoms with Crippen molar-refractivity contribution in [2.24, 2.45) is 11.8 Å². The highest BCUT2D eigenvalue weighted by Crippen LogP contribution is 2.35. The molecule has 0 bridgehead atoms. The van der Waals surface area contributed by atoms with Crippen molar-refractivity contribution < 1.29 is 19.7 Å². The number of aliphatic hydroxyl groups is 2. The number of aliphatic hydroxyl groups excluding tert-OH is 2. The maximum Gasteiger partial charge on any atom is 0.309 e. The molecular formula is C15H22O4. The molecule has 0 aromatic carbocycles. The number of ether oxygens (including phenoxy) is 1. The molecule has 0 amide bonds. The van der Waals surface area contributed by atoms with Crippen molar-refractivity contribution in [2.45, 2.75) is 51.4 Å². The van der Waals surface area contributed by atoms with Gasteiger partial charge in [0.2, 0.25) is 0 Å². The maximum atomic E-state index is 11.7. The van der Waals surface area contributed by atoms with E-state index in [2.05, 4.69) is 6.58 Å². The highest BCUT2D eigenvalue weighted by atomic mass is 16.6. The maximum absolute atomic E-state index is 11.7. The molecular weight excluding hydrogens is 244 g/mol. The van der Waals surface area contributed by atoms with E-state index in [0.29, 0.717) is 19.3 Å². The molecule has 1 fully saturated rings. The zero-order valence-electron chi connectivity index (χ0n) is 11.5. The predicted octanol–water partition coefficient (Wildman–Crippen LogP) is 1.57. The zero-order chi connectivity index (χ0) is 14.2. The summed E-state index contributed by atoms with van der Waals surface area (Å²) in [6.07, 6.45) is 1.89. The number of esters is 1. The largest absolute Gasteiger partial charge is 0.458 e. The van der Waals surface area contributed by atoms with Crippen LogP contribution in [0.4, 0.5) is 0 Å². The van der Waals surface area contributed by atoms with Crippen LogP contribution in [0, 0.1) is 11.8 Å². The average molecular weight is 266 g/mol. The van der Waals surface area contributed by atoms with Gasteiger partial charge in [0.05, 0.1) is 18.1 Å². The van der Waals surface area contributed by atoms with Crippen molar-refractivity contribution in [2.75, 3.05) is 0 Å². The second-order valence-electron chi connectivity index (χ2n) is 5.73. The summed E-state index contributed by atoms with van der Waals surface area (Å²) in [7, 11) is 0. The van der Waals surface area contributed by atoms with Crippen LogP contribution in [0.5, 0.6) is 0 Å². The van der Waals surface area contributed by atoms with Gasteiger partial charge in [-0.25, -0.2) is 0 Å². The van der Waals surface area contributed by atoms with Crippen molar-refractivity contribution >= 4 is 5.97 Å². The summed E-state index contributed by atoms with van der Waals surface area (Å²) >= 11 is 0. The van der Waals surface area contributed by atoms with E-state index in [9.17, 15) is 15.0 Å². The van der Waals surface area contributed by atoms with Crippen LogP contribution in [-0.2, 0) is 9.53 Å². The van der Waals surface area contributed by atoms with E-state index >= 15 is 0 Å². The van der Waals surface area contributed by atoms with Crippen LogP contribution in [0.15, 0.2) is 23.8 Å². The topological polar surface area (TPSA) is 66.8 Å². The van der Waals surface area contributed by atoms with Crippen LogP contribution in [0.1, 0.15) is 33.1 Å². The molecule has 106 valence electrons. The van der Waals surface area contributed by atoms with Crippen molar-refractivity contribution in [1.29, 1.82) is 0 Å². The summed E-state index contributed by atoms with van der Waals surface area (Å²) in [6.45, 7) is 7.55. The molecule has 2 aliphatic rings. The van der Waals surface area contributed by atoms with E-state index in [4.69, 9.17) is 4.74 Å². The quantitative estimate of drug-likeness (QED) is 0.516. The Balaban J connectivity index is 2.30. The van der Waals surface area contributed by atoms with Gasteiger partial charge in [-0.2, -0.15) is 0 Å². The summed E-state index contributed by atoms with van der Waals surface area (Å²) < 4.78 is 5.34. The van der Waals surface area contributed by atoms with Gasteiger partial charge >= 0.3 is 5.97 Å². The molecule has 4 heteroatoms. The monoisotopic (exact) mass is 266 g/mol. The van der Waals surface area contributed by atoms with Crippen LogP contribution in [-0.4, -0.2) is 34.5 Å². The molecule has 0 unspecified atom stereocenters. The number of fused-ring (bicyclic) bond motifs is 1. The molecule has 0 spiro atoms. The molecule has 4 nitrogen and oxygen atoms in total. The zero-order valence-corrected chi connectivity index (χ0v) is 11.5. The van der Waals surface area contributed by atoms with Crippen molar-refractivity contribution in [3.63, 3.8) is 0 Å². The van der Waals surface area contributed by atoms with E-state index in [1.165, 1.54) is 0 Å². The molecule has 2 rings (SSSR count). The van der Waals surface area contributed by atoms with E-state index in [1.54, 1.807) is 0 Å². The van der Waals surface area contributed by atoms with Gasteiger partial charge in [0.1, 0.15) is 6.10 Å². The standard InChI is InChI=1S/C15H22O4/c1-8-4-5-12(16)9(2)6-14-11(7-13(8)17)10(3)15(18)19-14/h6,10-14,16-17H,1,4-5,7H2,2-3H3/b9-6+/t10-,11-,12-,13-,14-/m0/s1. The molecule has 0 saturated carbocycles. The highest BCUT2D eigenvalue weighted by Gasteiger charge is 2.42. The van der Waals surface area contributed by atoms with Crippen LogP contribution in [0.25, 0.3) is 0 Å². The van der Waals surface area contributed by atoms with Crippen LogP contribution < -0.4 is 0 Å². The van der Waals surface area contributed by atoms with Crippen LogP contribution in [0.2, 0.25) is 0 Å². The molecule has 1 aliphatic carbocycles. The lowest BCUT2D eigenvalue weighted by Gasteiger charge is -2.25. The van der Waals surface area contributed by atoms with Crippen molar-refractivity contribution in [1.82, 2.24) is 0 Å². The first-order valence-electron chi connectivity index (χ1n) is 6.82. The van der Waals surface area contributed by atoms with E-state index < -0.39 is 12.2 Å². The molecule has 1 aliphatic heterocycles. The van der Waals surface area contributed by atoms with Gasteiger partial charge in [-0.3, -0.25) is 4.79 Å². The number of rotatable bonds is 0. The fourth-order valence-electron chi connectivity index (χ4n) is 2.80. The first-order chi connectivity index (χ1) is 8.90. The Bertz CT molecular complexity index is 412. The van der Waals surface area contributed by atoms with Gasteiger partial charge in [0, 0.05) is 5.92 Å². The Morgan fingerprint density at radius 3 is 2.74 bits per heavy atom.